The molecule has 1 aromatic rings. The molecule has 2 rings (SSSR count). The number of aromatic nitrogens is 1. The second-order valence-corrected chi connectivity index (χ2v) is 6.68. The minimum absolute atomic E-state index is 0.221. The number of rotatable bonds is 6. The fraction of sp³-hybridized carbons (Fsp3) is 0.722. The number of nitrogens with one attached hydrogen (secondary N) is 2. The number of amides is 1. The highest BCUT2D eigenvalue weighted by Gasteiger charge is 2.26. The fourth-order valence-corrected chi connectivity index (χ4v) is 3.35. The monoisotopic (exact) mass is 349 g/mol. The van der Waals surface area contributed by atoms with Gasteiger partial charge in [-0.15, -0.1) is 0 Å². The minimum atomic E-state index is 0.221. The Morgan fingerprint density at radius 3 is 2.80 bits per heavy atom. The maximum Gasteiger partial charge on any atom is 0.222 e. The van der Waals surface area contributed by atoms with Crippen molar-refractivity contribution in [3.63, 3.8) is 0 Å². The van der Waals surface area contributed by atoms with Gasteiger partial charge in [-0.05, 0) is 27.2 Å². The second kappa shape index (κ2) is 8.87. The molecule has 1 amide bonds. The largest absolute Gasteiger partial charge is 0.361 e. The summed E-state index contributed by atoms with van der Waals surface area (Å²) in [5.74, 6) is 2.13. The van der Waals surface area contributed by atoms with E-state index < -0.39 is 0 Å². The lowest BCUT2D eigenvalue weighted by Crippen LogP contribution is -2.45. The van der Waals surface area contributed by atoms with Crippen molar-refractivity contribution in [2.45, 2.75) is 59.4 Å². The van der Waals surface area contributed by atoms with Crippen LogP contribution in [-0.2, 0) is 4.79 Å². The summed E-state index contributed by atoms with van der Waals surface area (Å²) in [7, 11) is 0. The molecule has 7 nitrogen and oxygen atoms in total. The number of carbonyl (C=O) groups is 1. The first-order valence-corrected chi connectivity index (χ1v) is 9.21. The van der Waals surface area contributed by atoms with Crippen LogP contribution >= 0.6 is 0 Å². The van der Waals surface area contributed by atoms with E-state index in [0.29, 0.717) is 13.0 Å². The molecular formula is C18H31N5O2. The van der Waals surface area contributed by atoms with Crippen molar-refractivity contribution in [2.24, 2.45) is 4.99 Å². The van der Waals surface area contributed by atoms with Gasteiger partial charge in [0, 0.05) is 50.1 Å². The Morgan fingerprint density at radius 2 is 2.20 bits per heavy atom. The summed E-state index contributed by atoms with van der Waals surface area (Å²) in [6.45, 7) is 13.0. The van der Waals surface area contributed by atoms with E-state index in [9.17, 15) is 4.79 Å². The number of carbonyl (C=O) groups excluding carboxylic acids is 1. The van der Waals surface area contributed by atoms with Crippen molar-refractivity contribution in [3.05, 3.63) is 17.0 Å². The molecule has 7 heteroatoms. The highest BCUT2D eigenvalue weighted by atomic mass is 16.5. The van der Waals surface area contributed by atoms with E-state index in [0.717, 1.165) is 49.0 Å². The molecule has 1 fully saturated rings. The molecular weight excluding hydrogens is 318 g/mol. The quantitative estimate of drug-likeness (QED) is 0.606. The number of guanidine groups is 1. The van der Waals surface area contributed by atoms with E-state index in [4.69, 9.17) is 9.52 Å². The Kier molecular flexibility index (Phi) is 6.84. The Balaban J connectivity index is 1.96. The van der Waals surface area contributed by atoms with Crippen LogP contribution < -0.4 is 10.6 Å². The molecule has 2 N–H and O–H groups in total. The van der Waals surface area contributed by atoms with Crippen LogP contribution in [0.3, 0.4) is 0 Å². The van der Waals surface area contributed by atoms with Crippen molar-refractivity contribution in [3.8, 4) is 0 Å². The van der Waals surface area contributed by atoms with Gasteiger partial charge in [0.2, 0.25) is 5.91 Å². The van der Waals surface area contributed by atoms with Crippen molar-refractivity contribution < 1.29 is 9.32 Å². The summed E-state index contributed by atoms with van der Waals surface area (Å²) < 4.78 is 5.26. The zero-order valence-electron chi connectivity index (χ0n) is 16.1. The van der Waals surface area contributed by atoms with E-state index in [1.807, 2.05) is 25.7 Å². The molecule has 1 aromatic heterocycles. The van der Waals surface area contributed by atoms with Crippen LogP contribution in [0.15, 0.2) is 9.52 Å². The predicted molar refractivity (Wildman–Crippen MR) is 98.8 cm³/mol. The third kappa shape index (κ3) is 4.96. The van der Waals surface area contributed by atoms with Crippen LogP contribution in [0.4, 0.5) is 0 Å². The molecule has 140 valence electrons. The summed E-state index contributed by atoms with van der Waals surface area (Å²) in [5.41, 5.74) is 2.07. The number of hydrogen-bond acceptors (Lipinski definition) is 4. The molecule has 0 aromatic carbocycles. The van der Waals surface area contributed by atoms with Crippen molar-refractivity contribution in [1.29, 1.82) is 0 Å². The van der Waals surface area contributed by atoms with Crippen molar-refractivity contribution in [2.75, 3.05) is 26.2 Å². The van der Waals surface area contributed by atoms with Crippen LogP contribution in [-0.4, -0.2) is 54.1 Å². The minimum Gasteiger partial charge on any atom is -0.361 e. The standard InChI is InChI=1S/C18H31N5O2/c1-6-16(24)23-9-8-15(11-23)21-18(19-7-2)20-10-12(3)17-13(4)22-25-14(17)5/h12,15H,6-11H2,1-5H3,(H2,19,20,21). The van der Waals surface area contributed by atoms with Crippen LogP contribution in [0.1, 0.15) is 56.5 Å². The molecule has 2 unspecified atom stereocenters. The highest BCUT2D eigenvalue weighted by molar-refractivity contribution is 5.80. The second-order valence-electron chi connectivity index (χ2n) is 6.68. The molecule has 0 aliphatic carbocycles. The molecule has 2 atom stereocenters. The van der Waals surface area contributed by atoms with Gasteiger partial charge in [0.15, 0.2) is 5.96 Å². The maximum atomic E-state index is 11.8. The van der Waals surface area contributed by atoms with E-state index in [2.05, 4.69) is 29.6 Å². The predicted octanol–water partition coefficient (Wildman–Crippen LogP) is 1.96. The van der Waals surface area contributed by atoms with Crippen LogP contribution in [0.5, 0.6) is 0 Å². The Labute approximate surface area is 150 Å². The smallest absolute Gasteiger partial charge is 0.222 e. The summed E-state index contributed by atoms with van der Waals surface area (Å²) in [4.78, 5) is 18.5. The Morgan fingerprint density at radius 1 is 1.44 bits per heavy atom. The lowest BCUT2D eigenvalue weighted by molar-refractivity contribution is -0.129. The summed E-state index contributed by atoms with van der Waals surface area (Å²) in [6, 6.07) is 0.252. The van der Waals surface area contributed by atoms with E-state index in [1.54, 1.807) is 0 Å². The first kappa shape index (κ1) is 19.3. The van der Waals surface area contributed by atoms with Crippen LogP contribution in [0, 0.1) is 13.8 Å². The van der Waals surface area contributed by atoms with E-state index in [-0.39, 0.29) is 17.9 Å². The van der Waals surface area contributed by atoms with E-state index >= 15 is 0 Å². The average molecular weight is 349 g/mol. The third-order valence-electron chi connectivity index (χ3n) is 4.63. The van der Waals surface area contributed by atoms with E-state index in [1.165, 1.54) is 0 Å². The first-order valence-electron chi connectivity index (χ1n) is 9.21. The SMILES string of the molecule is CCNC(=NCC(C)c1c(C)noc1C)NC1CCN(C(=O)CC)C1. The van der Waals surface area contributed by atoms with Gasteiger partial charge in [0.1, 0.15) is 5.76 Å². The van der Waals surface area contributed by atoms with Crippen molar-refractivity contribution >= 4 is 11.9 Å². The number of hydrogen-bond donors (Lipinski definition) is 2. The van der Waals surface area contributed by atoms with Gasteiger partial charge in [-0.2, -0.15) is 0 Å². The van der Waals surface area contributed by atoms with Crippen LogP contribution in [0.2, 0.25) is 0 Å². The molecule has 1 aliphatic heterocycles. The summed E-state index contributed by atoms with van der Waals surface area (Å²) >= 11 is 0. The molecule has 1 saturated heterocycles. The zero-order valence-corrected chi connectivity index (χ0v) is 16.1. The number of aliphatic imine (C=N–C) groups is 1. The van der Waals surface area contributed by atoms with Gasteiger partial charge in [-0.25, -0.2) is 0 Å². The molecule has 0 bridgehead atoms. The summed E-state index contributed by atoms with van der Waals surface area (Å²) in [6.07, 6.45) is 1.52. The molecule has 0 spiro atoms. The number of likely N-dealkylation sites (tertiary alicyclic amines) is 1. The molecule has 2 heterocycles. The topological polar surface area (TPSA) is 82.8 Å². The Hall–Kier alpha value is -2.05. The normalized spacial score (nSPS) is 19.2. The number of aryl methyl sites for hydroxylation is 2. The molecule has 0 radical (unpaired) electrons. The van der Waals surface area contributed by atoms with Gasteiger partial charge < -0.3 is 20.1 Å². The van der Waals surface area contributed by atoms with Crippen LogP contribution in [0.25, 0.3) is 0 Å². The van der Waals surface area contributed by atoms with Crippen molar-refractivity contribution in [1.82, 2.24) is 20.7 Å². The fourth-order valence-electron chi connectivity index (χ4n) is 3.35. The molecule has 1 aliphatic rings. The lowest BCUT2D eigenvalue weighted by atomic mass is 10.00. The van der Waals surface area contributed by atoms with Gasteiger partial charge in [0.05, 0.1) is 5.69 Å². The number of nitrogens with zero attached hydrogens (tertiary/aromatic N) is 3. The third-order valence-corrected chi connectivity index (χ3v) is 4.63. The Bertz CT molecular complexity index is 591. The average Bonchev–Trinajstić information content (AvgIpc) is 3.18. The first-order chi connectivity index (χ1) is 12.0. The molecule has 25 heavy (non-hydrogen) atoms. The summed E-state index contributed by atoms with van der Waals surface area (Å²) in [5, 5.41) is 10.8. The molecule has 0 saturated carbocycles. The lowest BCUT2D eigenvalue weighted by Gasteiger charge is -2.19. The zero-order chi connectivity index (χ0) is 18.4. The highest BCUT2D eigenvalue weighted by Crippen LogP contribution is 2.23. The van der Waals surface area contributed by atoms with Gasteiger partial charge in [0.25, 0.3) is 0 Å². The van der Waals surface area contributed by atoms with Gasteiger partial charge in [-0.3, -0.25) is 9.79 Å². The van der Waals surface area contributed by atoms with Gasteiger partial charge >= 0.3 is 0 Å². The maximum absolute atomic E-state index is 11.8. The van der Waals surface area contributed by atoms with Gasteiger partial charge in [-0.1, -0.05) is 19.0 Å².